The van der Waals surface area contributed by atoms with Crippen molar-refractivity contribution in [3.8, 4) is 10.4 Å². The van der Waals surface area contributed by atoms with Gasteiger partial charge in [-0.25, -0.2) is 15.0 Å². The SMILES string of the molecule is CC(=O)c1c(C)c2cnc(Cc3ccc(N4CCN(C(=O)CCOCCOCCOCCC(=O)C[C@H](C(=O)N5C[C@H](O)C[C@H]5C(=O)NCc5ccc(-c6scnc6C)cc5)C(C)(C)C)CC4)cn3)nc2n(C2CCCC2)c1=O. The highest BCUT2D eigenvalue weighted by atomic mass is 32.1. The highest BCUT2D eigenvalue weighted by molar-refractivity contribution is 7.13. The van der Waals surface area contributed by atoms with Gasteiger partial charge >= 0.3 is 0 Å². The molecule has 0 bridgehead atoms. The van der Waals surface area contributed by atoms with E-state index in [1.165, 1.54) is 11.8 Å². The predicted molar refractivity (Wildman–Crippen MR) is 296 cm³/mol. The van der Waals surface area contributed by atoms with Crippen LogP contribution in [0.5, 0.6) is 0 Å². The summed E-state index contributed by atoms with van der Waals surface area (Å²) in [6.07, 6.45) is 7.42. The fraction of sp³-hybridized carbons (Fsp3) is 0.552. The van der Waals surface area contributed by atoms with Crippen molar-refractivity contribution in [2.75, 3.05) is 77.3 Å². The lowest BCUT2D eigenvalue weighted by molar-refractivity contribution is -0.146. The van der Waals surface area contributed by atoms with Gasteiger partial charge in [0.2, 0.25) is 17.7 Å². The van der Waals surface area contributed by atoms with Gasteiger partial charge < -0.3 is 39.3 Å². The van der Waals surface area contributed by atoms with Crippen LogP contribution in [0.4, 0.5) is 5.69 Å². The topological polar surface area (TPSA) is 229 Å². The lowest BCUT2D eigenvalue weighted by atomic mass is 9.76. The molecule has 6 heterocycles. The number of amides is 3. The molecule has 2 saturated heterocycles. The van der Waals surface area contributed by atoms with Crippen LogP contribution in [0.15, 0.2) is 59.1 Å². The first-order valence-corrected chi connectivity index (χ1v) is 28.2. The predicted octanol–water partition coefficient (Wildman–Crippen LogP) is 6.21. The second-order valence-electron chi connectivity index (χ2n) is 21.8. The summed E-state index contributed by atoms with van der Waals surface area (Å²) in [5.74, 6) is -1.15. The van der Waals surface area contributed by atoms with Gasteiger partial charge in [-0.2, -0.15) is 0 Å². The molecule has 78 heavy (non-hydrogen) atoms. The first-order valence-electron chi connectivity index (χ1n) is 27.4. The first-order chi connectivity index (χ1) is 37.5. The summed E-state index contributed by atoms with van der Waals surface area (Å²) in [7, 11) is 0. The van der Waals surface area contributed by atoms with Gasteiger partial charge in [0.05, 0.1) is 92.1 Å². The number of Topliss-reactive ketones (excluding diaryl/α,β-unsaturated/α-hetero) is 2. The molecule has 3 fully saturated rings. The number of hydrogen-bond donors (Lipinski definition) is 2. The highest BCUT2D eigenvalue weighted by Gasteiger charge is 2.44. The lowest BCUT2D eigenvalue weighted by Gasteiger charge is -2.36. The minimum absolute atomic E-state index is 0.00934. The third-order valence-electron chi connectivity index (χ3n) is 15.2. The zero-order chi connectivity index (χ0) is 55.5. The van der Waals surface area contributed by atoms with Crippen molar-refractivity contribution in [1.82, 2.24) is 39.6 Å². The summed E-state index contributed by atoms with van der Waals surface area (Å²) in [6.45, 7) is 15.4. The van der Waals surface area contributed by atoms with E-state index in [1.807, 2.05) is 80.7 Å². The number of carbonyl (C=O) groups is 5. The number of nitrogens with zero attached hydrogens (tertiary/aromatic N) is 8. The first kappa shape index (κ1) is 57.8. The number of likely N-dealkylation sites (tertiary alicyclic amines) is 1. The summed E-state index contributed by atoms with van der Waals surface area (Å²) >= 11 is 1.57. The van der Waals surface area contributed by atoms with Gasteiger partial charge in [0.25, 0.3) is 5.56 Å². The van der Waals surface area contributed by atoms with Crippen molar-refractivity contribution >= 4 is 57.3 Å². The number of benzene rings is 1. The number of fused-ring (bicyclic) bond motifs is 1. The normalized spacial score (nSPS) is 17.5. The number of aryl methyl sites for hydroxylation is 2. The fourth-order valence-corrected chi connectivity index (χ4v) is 11.6. The molecule has 1 aromatic carbocycles. The number of rotatable bonds is 24. The monoisotopic (exact) mass is 1090 g/mol. The van der Waals surface area contributed by atoms with Gasteiger partial charge in [0.1, 0.15) is 23.3 Å². The number of nitrogens with one attached hydrogen (secondary N) is 1. The Hall–Kier alpha value is -6.32. The van der Waals surface area contributed by atoms with Gasteiger partial charge in [0.15, 0.2) is 5.78 Å². The van der Waals surface area contributed by atoms with Gasteiger partial charge in [-0.1, -0.05) is 57.9 Å². The minimum Gasteiger partial charge on any atom is -0.391 e. The molecular formula is C58H75N9O10S. The van der Waals surface area contributed by atoms with E-state index in [0.29, 0.717) is 69.5 Å². The zero-order valence-corrected chi connectivity index (χ0v) is 46.8. The number of β-amino-alcohol motifs (C(OH)–C–C–N with tert-alkyl or cyclic N) is 1. The lowest BCUT2D eigenvalue weighted by Crippen LogP contribution is -2.50. The van der Waals surface area contributed by atoms with E-state index in [0.717, 1.165) is 64.1 Å². The number of pyridine rings is 2. The molecular weight excluding hydrogens is 1010 g/mol. The van der Waals surface area contributed by atoms with Crippen LogP contribution in [0, 0.1) is 25.2 Å². The Kier molecular flexibility index (Phi) is 19.7. The van der Waals surface area contributed by atoms with Crippen LogP contribution in [0.2, 0.25) is 0 Å². The van der Waals surface area contributed by atoms with Crippen molar-refractivity contribution in [2.24, 2.45) is 11.3 Å². The Morgan fingerprint density at radius 1 is 0.846 bits per heavy atom. The Morgan fingerprint density at radius 3 is 2.15 bits per heavy atom. The number of piperazine rings is 1. The largest absolute Gasteiger partial charge is 0.391 e. The molecule has 418 valence electrons. The molecule has 0 spiro atoms. The number of carbonyl (C=O) groups excluding carboxylic acids is 5. The van der Waals surface area contributed by atoms with Gasteiger partial charge in [-0.05, 0) is 67.9 Å². The third kappa shape index (κ3) is 14.5. The summed E-state index contributed by atoms with van der Waals surface area (Å²) in [5.41, 5.74) is 7.04. The van der Waals surface area contributed by atoms with Gasteiger partial charge in [-0.15, -0.1) is 11.3 Å². The van der Waals surface area contributed by atoms with E-state index in [-0.39, 0.29) is 105 Å². The molecule has 4 aromatic heterocycles. The quantitative estimate of drug-likeness (QED) is 0.0517. The summed E-state index contributed by atoms with van der Waals surface area (Å²) in [6, 6.07) is 11.0. The number of aromatic nitrogens is 5. The maximum Gasteiger partial charge on any atom is 0.263 e. The van der Waals surface area contributed by atoms with Crippen LogP contribution in [0.3, 0.4) is 0 Å². The Bertz CT molecular complexity index is 2960. The molecule has 0 unspecified atom stereocenters. The van der Waals surface area contributed by atoms with E-state index in [4.69, 9.17) is 24.2 Å². The van der Waals surface area contributed by atoms with Gasteiger partial charge in [0, 0.05) is 87.8 Å². The van der Waals surface area contributed by atoms with E-state index in [9.17, 15) is 33.9 Å². The van der Waals surface area contributed by atoms with Crippen molar-refractivity contribution in [3.05, 3.63) is 98.6 Å². The number of anilines is 1. The number of aliphatic hydroxyl groups excluding tert-OH is 1. The fourth-order valence-electron chi connectivity index (χ4n) is 10.8. The van der Waals surface area contributed by atoms with Crippen LogP contribution in [-0.4, -0.2) is 153 Å². The van der Waals surface area contributed by atoms with Crippen molar-refractivity contribution in [2.45, 2.75) is 124 Å². The smallest absolute Gasteiger partial charge is 0.263 e. The molecule has 0 radical (unpaired) electrons. The molecule has 1 saturated carbocycles. The van der Waals surface area contributed by atoms with E-state index < -0.39 is 23.5 Å². The van der Waals surface area contributed by atoms with E-state index >= 15 is 0 Å². The summed E-state index contributed by atoms with van der Waals surface area (Å²) in [4.78, 5) is 105. The number of hydrogen-bond acceptors (Lipinski definition) is 16. The Labute approximate surface area is 460 Å². The van der Waals surface area contributed by atoms with Crippen LogP contribution in [0.1, 0.15) is 124 Å². The maximum atomic E-state index is 14.0. The second kappa shape index (κ2) is 26.6. The second-order valence-corrected chi connectivity index (χ2v) is 22.7. The average molecular weight is 1090 g/mol. The van der Waals surface area contributed by atoms with Crippen LogP contribution >= 0.6 is 11.3 Å². The van der Waals surface area contributed by atoms with E-state index in [2.05, 4.69) is 20.2 Å². The molecule has 1 aliphatic carbocycles. The maximum absolute atomic E-state index is 14.0. The molecule has 3 aliphatic rings. The Balaban J connectivity index is 0.679. The standard InChI is InChI=1S/C58H75N9O10S/c1-37-47-34-60-50(63-54(47)67(43-9-7-8-10-43)57(74)52(37)39(3)68)29-42-15-16-44(33-59-42)64-19-21-65(22-20-64)51(71)18-24-76-26-28-77-27-25-75-23-17-45(69)30-48(58(4,5)6)56(73)66-35-46(70)31-49(66)55(72)61-32-40-11-13-41(14-12-40)53-38(2)62-36-78-53/h11-16,33-34,36,43,46,48-49,70H,7-10,17-32,35H2,1-6H3,(H,61,72)/t46-,48-,49+/m1/s1. The number of thiazole rings is 1. The molecule has 3 atom stereocenters. The van der Waals surface area contributed by atoms with E-state index in [1.54, 1.807) is 29.0 Å². The average Bonchev–Trinajstić information content (AvgIpc) is 4.25. The Morgan fingerprint density at radius 2 is 1.53 bits per heavy atom. The summed E-state index contributed by atoms with van der Waals surface area (Å²) < 4.78 is 18.7. The minimum atomic E-state index is -0.847. The third-order valence-corrected chi connectivity index (χ3v) is 16.2. The van der Waals surface area contributed by atoms with Gasteiger partial charge in [-0.3, -0.25) is 38.3 Å². The number of ketones is 2. The van der Waals surface area contributed by atoms with Crippen molar-refractivity contribution in [1.29, 1.82) is 0 Å². The molecule has 8 rings (SSSR count). The zero-order valence-electron chi connectivity index (χ0n) is 46.0. The molecule has 20 heteroatoms. The molecule has 2 N–H and O–H groups in total. The number of aliphatic hydroxyl groups is 1. The van der Waals surface area contributed by atoms with Crippen molar-refractivity contribution < 1.29 is 43.3 Å². The molecule has 2 aliphatic heterocycles. The van der Waals surface area contributed by atoms with Crippen LogP contribution in [0.25, 0.3) is 21.5 Å². The number of ether oxygens (including phenoxy) is 3. The summed E-state index contributed by atoms with van der Waals surface area (Å²) in [5, 5.41) is 14.3. The molecule has 19 nitrogen and oxygen atoms in total. The van der Waals surface area contributed by atoms with Crippen molar-refractivity contribution in [3.63, 3.8) is 0 Å². The molecule has 5 aromatic rings. The molecule has 3 amide bonds. The van der Waals surface area contributed by atoms with Crippen LogP contribution < -0.4 is 15.8 Å². The van der Waals surface area contributed by atoms with Crippen LogP contribution in [-0.2, 0) is 46.4 Å². The highest BCUT2D eigenvalue weighted by Crippen LogP contribution is 2.35.